The standard InChI is InChI=1S/C48H90NO11P/c1-6-8-10-11-12-13-14-15-16-17-18-19-20-21-22-23-28-32-47(53)57-39-42(40-59-61(55,56)58-37-36-49(3,4)5)60-48(54)33-29-25-24-27-31-43-44(46(52)38-45(43)51)35-34-41(50)30-26-9-7-2/h24,27,34-35,41-46,50-52H,6-23,25-26,28-33,36-40H2,1-5H3/p+1/b27-24+,35-34+/t41-,42+,43+,44+,45-,46+/m0/s1. The van der Waals surface area contributed by atoms with Crippen molar-refractivity contribution >= 4 is 19.8 Å². The molecule has 1 fully saturated rings. The molecule has 0 heterocycles. The summed E-state index contributed by atoms with van der Waals surface area (Å²) in [7, 11) is 1.33. The third-order valence-electron chi connectivity index (χ3n) is 11.6. The van der Waals surface area contributed by atoms with E-state index < -0.39 is 50.8 Å². The molecule has 1 rings (SSSR count). The molecule has 0 saturated heterocycles. The number of likely N-dealkylation sites (N-methyl/N-ethyl adjacent to an activating group) is 1. The van der Waals surface area contributed by atoms with Crippen LogP contribution < -0.4 is 0 Å². The molecule has 0 aromatic rings. The van der Waals surface area contributed by atoms with E-state index in [2.05, 4.69) is 13.8 Å². The minimum absolute atomic E-state index is 0.0104. The molecule has 1 aliphatic rings. The highest BCUT2D eigenvalue weighted by Gasteiger charge is 2.39. The second-order valence-corrected chi connectivity index (χ2v) is 19.9. The van der Waals surface area contributed by atoms with Gasteiger partial charge in [0.05, 0.1) is 46.1 Å². The number of hydrogen-bond donors (Lipinski definition) is 4. The summed E-state index contributed by atoms with van der Waals surface area (Å²) in [5.74, 6) is -1.40. The molecule has 358 valence electrons. The number of rotatable bonds is 40. The molecule has 7 atom stereocenters. The van der Waals surface area contributed by atoms with Gasteiger partial charge in [-0.15, -0.1) is 0 Å². The maximum Gasteiger partial charge on any atom is 0.472 e. The van der Waals surface area contributed by atoms with Crippen LogP contribution in [0.4, 0.5) is 0 Å². The van der Waals surface area contributed by atoms with Crippen molar-refractivity contribution in [2.45, 2.75) is 212 Å². The second-order valence-electron chi connectivity index (χ2n) is 18.5. The first kappa shape index (κ1) is 57.4. The number of ether oxygens (including phenoxy) is 2. The first-order chi connectivity index (χ1) is 29.2. The number of hydrogen-bond acceptors (Lipinski definition) is 10. The van der Waals surface area contributed by atoms with Gasteiger partial charge in [-0.25, -0.2) is 4.57 Å². The molecule has 61 heavy (non-hydrogen) atoms. The van der Waals surface area contributed by atoms with Gasteiger partial charge in [-0.2, -0.15) is 0 Å². The summed E-state index contributed by atoms with van der Waals surface area (Å²) in [5, 5.41) is 31.4. The lowest BCUT2D eigenvalue weighted by Gasteiger charge is -2.24. The molecule has 0 aromatic carbocycles. The van der Waals surface area contributed by atoms with E-state index in [1.54, 1.807) is 6.08 Å². The van der Waals surface area contributed by atoms with E-state index in [4.69, 9.17) is 18.5 Å². The first-order valence-electron chi connectivity index (χ1n) is 24.3. The highest BCUT2D eigenvalue weighted by molar-refractivity contribution is 7.47. The SMILES string of the molecule is CCCCCCCCCCCCCCCCCCCC(=O)OC[C@H](COP(=O)(O)OCC[N+](C)(C)C)OC(=O)CCC/C=C/C[C@@H]1[C@@H](/C=C/[C@@H](O)CCCCC)[C@H](O)C[C@@H]1O. The quantitative estimate of drug-likeness (QED) is 0.0152. The Bertz CT molecular complexity index is 1210. The number of phosphoric ester groups is 1. The van der Waals surface area contributed by atoms with Gasteiger partial charge < -0.3 is 34.2 Å². The van der Waals surface area contributed by atoms with Gasteiger partial charge in [0.25, 0.3) is 0 Å². The van der Waals surface area contributed by atoms with Crippen molar-refractivity contribution in [1.82, 2.24) is 0 Å². The van der Waals surface area contributed by atoms with Crippen molar-refractivity contribution in [2.75, 3.05) is 47.5 Å². The van der Waals surface area contributed by atoms with Gasteiger partial charge in [-0.05, 0) is 38.0 Å². The Morgan fingerprint density at radius 3 is 1.82 bits per heavy atom. The van der Waals surface area contributed by atoms with E-state index in [9.17, 15) is 34.4 Å². The Labute approximate surface area is 371 Å². The maximum atomic E-state index is 12.8. The molecule has 13 heteroatoms. The van der Waals surface area contributed by atoms with Crippen LogP contribution in [0.2, 0.25) is 0 Å². The van der Waals surface area contributed by atoms with Gasteiger partial charge >= 0.3 is 19.8 Å². The smallest absolute Gasteiger partial charge is 0.462 e. The van der Waals surface area contributed by atoms with Crippen molar-refractivity contribution < 1.29 is 57.4 Å². The second kappa shape index (κ2) is 35.7. The van der Waals surface area contributed by atoms with Crippen LogP contribution >= 0.6 is 7.82 Å². The monoisotopic (exact) mass is 889 g/mol. The molecule has 0 radical (unpaired) electrons. The van der Waals surface area contributed by atoms with Crippen molar-refractivity contribution in [1.29, 1.82) is 0 Å². The summed E-state index contributed by atoms with van der Waals surface area (Å²) in [6.45, 7) is 4.06. The summed E-state index contributed by atoms with van der Waals surface area (Å²) in [5.41, 5.74) is 0. The number of quaternary nitrogens is 1. The van der Waals surface area contributed by atoms with Crippen LogP contribution in [0.25, 0.3) is 0 Å². The van der Waals surface area contributed by atoms with Gasteiger partial charge in [0.1, 0.15) is 19.8 Å². The van der Waals surface area contributed by atoms with Crippen LogP contribution in [0.5, 0.6) is 0 Å². The van der Waals surface area contributed by atoms with Crippen LogP contribution in [-0.2, 0) is 32.7 Å². The average Bonchev–Trinajstić information content (AvgIpc) is 3.47. The lowest BCUT2D eigenvalue weighted by Crippen LogP contribution is -2.37. The van der Waals surface area contributed by atoms with Crippen LogP contribution in [0.15, 0.2) is 24.3 Å². The number of aliphatic hydroxyl groups excluding tert-OH is 3. The molecular weight excluding hydrogens is 797 g/mol. The molecule has 0 amide bonds. The molecule has 1 unspecified atom stereocenters. The molecular formula is C48H91NO11P+. The molecule has 0 aromatic heterocycles. The van der Waals surface area contributed by atoms with E-state index in [-0.39, 0.29) is 37.9 Å². The van der Waals surface area contributed by atoms with Crippen molar-refractivity contribution in [3.05, 3.63) is 24.3 Å². The minimum atomic E-state index is -4.44. The van der Waals surface area contributed by atoms with Crippen molar-refractivity contribution in [2.24, 2.45) is 11.8 Å². The van der Waals surface area contributed by atoms with Crippen LogP contribution in [0.1, 0.15) is 187 Å². The van der Waals surface area contributed by atoms with E-state index in [1.165, 1.54) is 83.5 Å². The Kier molecular flexibility index (Phi) is 33.6. The molecule has 1 aliphatic carbocycles. The number of carbonyl (C=O) groups is 2. The fourth-order valence-electron chi connectivity index (χ4n) is 7.66. The number of allylic oxidation sites excluding steroid dienone is 2. The lowest BCUT2D eigenvalue weighted by atomic mass is 9.89. The zero-order valence-corrected chi connectivity index (χ0v) is 40.1. The Morgan fingerprint density at radius 2 is 1.25 bits per heavy atom. The Balaban J connectivity index is 2.45. The fourth-order valence-corrected chi connectivity index (χ4v) is 8.40. The zero-order valence-electron chi connectivity index (χ0n) is 39.2. The number of unbranched alkanes of at least 4 members (excludes halogenated alkanes) is 19. The lowest BCUT2D eigenvalue weighted by molar-refractivity contribution is -0.870. The fraction of sp³-hybridized carbons (Fsp3) is 0.875. The normalized spacial score (nSPS) is 20.3. The van der Waals surface area contributed by atoms with E-state index in [0.29, 0.717) is 49.6 Å². The summed E-state index contributed by atoms with van der Waals surface area (Å²) in [4.78, 5) is 35.6. The predicted molar refractivity (Wildman–Crippen MR) is 245 cm³/mol. The highest BCUT2D eigenvalue weighted by atomic mass is 31.2. The minimum Gasteiger partial charge on any atom is -0.462 e. The number of phosphoric acid groups is 1. The Hall–Kier alpha value is -1.63. The average molecular weight is 889 g/mol. The largest absolute Gasteiger partial charge is 0.472 e. The molecule has 0 aliphatic heterocycles. The summed E-state index contributed by atoms with van der Waals surface area (Å²) in [6, 6.07) is 0. The molecule has 0 spiro atoms. The van der Waals surface area contributed by atoms with Gasteiger partial charge in [0, 0.05) is 25.2 Å². The van der Waals surface area contributed by atoms with Gasteiger partial charge in [-0.1, -0.05) is 160 Å². The van der Waals surface area contributed by atoms with Gasteiger partial charge in [0.2, 0.25) is 0 Å². The molecule has 12 nitrogen and oxygen atoms in total. The van der Waals surface area contributed by atoms with E-state index in [1.807, 2.05) is 39.4 Å². The van der Waals surface area contributed by atoms with Crippen LogP contribution in [0.3, 0.4) is 0 Å². The third kappa shape index (κ3) is 32.7. The van der Waals surface area contributed by atoms with Gasteiger partial charge in [-0.3, -0.25) is 18.6 Å². The van der Waals surface area contributed by atoms with Crippen LogP contribution in [0, 0.1) is 11.8 Å². The van der Waals surface area contributed by atoms with E-state index >= 15 is 0 Å². The van der Waals surface area contributed by atoms with Crippen molar-refractivity contribution in [3.63, 3.8) is 0 Å². The third-order valence-corrected chi connectivity index (χ3v) is 12.5. The number of esters is 2. The molecule has 0 bridgehead atoms. The van der Waals surface area contributed by atoms with E-state index in [0.717, 1.165) is 38.5 Å². The first-order valence-corrected chi connectivity index (χ1v) is 25.8. The summed E-state index contributed by atoms with van der Waals surface area (Å²) >= 11 is 0. The number of carbonyl (C=O) groups excluding carboxylic acids is 2. The summed E-state index contributed by atoms with van der Waals surface area (Å²) < 4.78 is 34.3. The maximum absolute atomic E-state index is 12.8. The Morgan fingerprint density at radius 1 is 0.705 bits per heavy atom. The van der Waals surface area contributed by atoms with Crippen LogP contribution in [-0.4, -0.2) is 109 Å². The molecule has 4 N–H and O–H groups in total. The topological polar surface area (TPSA) is 169 Å². The highest BCUT2D eigenvalue weighted by Crippen LogP contribution is 2.43. The van der Waals surface area contributed by atoms with Gasteiger partial charge in [0.15, 0.2) is 6.10 Å². The number of nitrogens with zero attached hydrogens (tertiary/aromatic N) is 1. The number of aliphatic hydroxyl groups is 3. The zero-order chi connectivity index (χ0) is 45.2. The van der Waals surface area contributed by atoms with Crippen molar-refractivity contribution in [3.8, 4) is 0 Å². The summed E-state index contributed by atoms with van der Waals surface area (Å²) in [6.07, 6.45) is 31.7. The molecule has 1 saturated carbocycles. The predicted octanol–water partition coefficient (Wildman–Crippen LogP) is 10.3.